The molecule has 0 aromatic carbocycles. The van der Waals surface area contributed by atoms with Crippen LogP contribution < -0.4 is 5.32 Å². The van der Waals surface area contributed by atoms with E-state index in [1.807, 2.05) is 0 Å². The first-order chi connectivity index (χ1) is 8.53. The summed E-state index contributed by atoms with van der Waals surface area (Å²) in [6.45, 7) is 11.0. The summed E-state index contributed by atoms with van der Waals surface area (Å²) in [4.78, 5) is 7.25. The monoisotopic (exact) mass is 267 g/mol. The molecule has 4 heteroatoms. The molecule has 3 nitrogen and oxygen atoms in total. The minimum absolute atomic E-state index is 0.165. The Balaban J connectivity index is 1.82. The number of thiazole rings is 1. The third-order valence-electron chi connectivity index (χ3n) is 3.20. The van der Waals surface area contributed by atoms with Gasteiger partial charge in [-0.1, -0.05) is 6.42 Å². The Morgan fingerprint density at radius 1 is 1.28 bits per heavy atom. The zero-order chi connectivity index (χ0) is 13.0. The molecule has 1 aromatic heterocycles. The summed E-state index contributed by atoms with van der Waals surface area (Å²) in [6, 6.07) is 0. The molecule has 18 heavy (non-hydrogen) atoms. The van der Waals surface area contributed by atoms with Crippen molar-refractivity contribution < 1.29 is 0 Å². The smallest absolute Gasteiger partial charge is 0.107 e. The third kappa shape index (κ3) is 4.67. The number of nitrogens with zero attached hydrogens (tertiary/aromatic N) is 2. The Labute approximate surface area is 115 Å². The molecular weight excluding hydrogens is 242 g/mol. The maximum atomic E-state index is 4.72. The van der Waals surface area contributed by atoms with E-state index in [9.17, 15) is 0 Å². The van der Waals surface area contributed by atoms with E-state index in [0.29, 0.717) is 0 Å². The second-order valence-corrected chi connectivity index (χ2v) is 7.12. The van der Waals surface area contributed by atoms with Crippen molar-refractivity contribution in [1.82, 2.24) is 15.2 Å². The van der Waals surface area contributed by atoms with Crippen LogP contribution in [0.4, 0.5) is 0 Å². The van der Waals surface area contributed by atoms with Crippen LogP contribution in [0.3, 0.4) is 0 Å². The fourth-order valence-electron chi connectivity index (χ4n) is 2.19. The fourth-order valence-corrected chi connectivity index (χ4v) is 2.91. The van der Waals surface area contributed by atoms with Crippen molar-refractivity contribution in [3.63, 3.8) is 0 Å². The first kappa shape index (κ1) is 14.0. The Bertz CT molecular complexity index is 361. The summed E-state index contributed by atoms with van der Waals surface area (Å²) in [5.74, 6) is 0. The zero-order valence-corrected chi connectivity index (χ0v) is 12.6. The summed E-state index contributed by atoms with van der Waals surface area (Å²) in [7, 11) is 0. The Kier molecular flexibility index (Phi) is 4.76. The van der Waals surface area contributed by atoms with Crippen molar-refractivity contribution >= 4 is 11.3 Å². The van der Waals surface area contributed by atoms with Crippen LogP contribution in [-0.4, -0.2) is 28.5 Å². The molecular formula is C14H25N3S. The third-order valence-corrected chi connectivity index (χ3v) is 4.10. The molecule has 1 N–H and O–H groups in total. The number of rotatable bonds is 4. The summed E-state index contributed by atoms with van der Waals surface area (Å²) in [5, 5.41) is 6.91. The second kappa shape index (κ2) is 6.13. The lowest BCUT2D eigenvalue weighted by Gasteiger charge is -2.25. The lowest BCUT2D eigenvalue weighted by molar-refractivity contribution is 0.219. The molecule has 0 radical (unpaired) electrons. The normalized spacial score (nSPS) is 18.2. The quantitative estimate of drug-likeness (QED) is 0.909. The fraction of sp³-hybridized carbons (Fsp3) is 0.786. The molecule has 1 fully saturated rings. The van der Waals surface area contributed by atoms with Gasteiger partial charge in [0.25, 0.3) is 0 Å². The van der Waals surface area contributed by atoms with Crippen molar-refractivity contribution in [1.29, 1.82) is 0 Å². The van der Waals surface area contributed by atoms with E-state index in [-0.39, 0.29) is 5.54 Å². The van der Waals surface area contributed by atoms with Gasteiger partial charge in [-0.2, -0.15) is 0 Å². The van der Waals surface area contributed by atoms with Gasteiger partial charge in [0.2, 0.25) is 0 Å². The van der Waals surface area contributed by atoms with E-state index >= 15 is 0 Å². The average Bonchev–Trinajstić information content (AvgIpc) is 2.75. The minimum Gasteiger partial charge on any atom is -0.306 e. The van der Waals surface area contributed by atoms with Gasteiger partial charge in [-0.15, -0.1) is 11.3 Å². The van der Waals surface area contributed by atoms with E-state index in [4.69, 9.17) is 4.98 Å². The molecule has 0 aliphatic carbocycles. The SMILES string of the molecule is CC(C)(C)NCc1nc(CN2CCCCC2)cs1. The van der Waals surface area contributed by atoms with Crippen LogP contribution in [0.2, 0.25) is 0 Å². The number of nitrogens with one attached hydrogen (secondary N) is 1. The predicted octanol–water partition coefficient (Wildman–Crippen LogP) is 3.02. The first-order valence-electron chi connectivity index (χ1n) is 6.94. The molecule has 1 aliphatic heterocycles. The van der Waals surface area contributed by atoms with Gasteiger partial charge in [0.15, 0.2) is 0 Å². The van der Waals surface area contributed by atoms with E-state index in [0.717, 1.165) is 13.1 Å². The van der Waals surface area contributed by atoms with Crippen LogP contribution in [-0.2, 0) is 13.1 Å². The van der Waals surface area contributed by atoms with Gasteiger partial charge in [-0.25, -0.2) is 4.98 Å². The van der Waals surface area contributed by atoms with Crippen LogP contribution in [0.1, 0.15) is 50.7 Å². The van der Waals surface area contributed by atoms with E-state index in [1.165, 1.54) is 43.1 Å². The maximum absolute atomic E-state index is 4.72. The Morgan fingerprint density at radius 2 is 2.00 bits per heavy atom. The first-order valence-corrected chi connectivity index (χ1v) is 7.81. The van der Waals surface area contributed by atoms with E-state index < -0.39 is 0 Å². The highest BCUT2D eigenvalue weighted by Gasteiger charge is 2.13. The summed E-state index contributed by atoms with van der Waals surface area (Å²) in [6.07, 6.45) is 4.10. The van der Waals surface area contributed by atoms with Crippen LogP contribution in [0, 0.1) is 0 Å². The van der Waals surface area contributed by atoms with Crippen LogP contribution in [0.5, 0.6) is 0 Å². The average molecular weight is 267 g/mol. The van der Waals surface area contributed by atoms with E-state index in [1.54, 1.807) is 11.3 Å². The Hall–Kier alpha value is -0.450. The standard InChI is InChI=1S/C14H25N3S/c1-14(2,3)15-9-13-16-12(11-18-13)10-17-7-5-4-6-8-17/h11,15H,4-10H2,1-3H3. The minimum atomic E-state index is 0.165. The molecule has 0 saturated carbocycles. The van der Waals surface area contributed by atoms with Crippen molar-refractivity contribution in [2.45, 2.75) is 58.7 Å². The highest BCUT2D eigenvalue weighted by molar-refractivity contribution is 7.09. The molecule has 1 saturated heterocycles. The van der Waals surface area contributed by atoms with Crippen LogP contribution in [0.15, 0.2) is 5.38 Å². The molecule has 0 bridgehead atoms. The molecule has 1 aromatic rings. The van der Waals surface area contributed by atoms with Crippen molar-refractivity contribution in [3.8, 4) is 0 Å². The highest BCUT2D eigenvalue weighted by Crippen LogP contribution is 2.16. The molecule has 2 heterocycles. The maximum Gasteiger partial charge on any atom is 0.107 e. The Morgan fingerprint density at radius 3 is 2.67 bits per heavy atom. The summed E-state index contributed by atoms with van der Waals surface area (Å²) < 4.78 is 0. The van der Waals surface area contributed by atoms with Gasteiger partial charge in [0.05, 0.1) is 5.69 Å². The van der Waals surface area contributed by atoms with E-state index in [2.05, 4.69) is 36.4 Å². The summed E-state index contributed by atoms with van der Waals surface area (Å²) >= 11 is 1.78. The van der Waals surface area contributed by atoms with Crippen LogP contribution in [0.25, 0.3) is 0 Å². The van der Waals surface area contributed by atoms with Gasteiger partial charge < -0.3 is 5.32 Å². The second-order valence-electron chi connectivity index (χ2n) is 6.17. The number of aromatic nitrogens is 1. The van der Waals surface area contributed by atoms with Gasteiger partial charge in [-0.3, -0.25) is 4.90 Å². The van der Waals surface area contributed by atoms with Gasteiger partial charge in [0.1, 0.15) is 5.01 Å². The lowest BCUT2D eigenvalue weighted by Crippen LogP contribution is -2.35. The highest BCUT2D eigenvalue weighted by atomic mass is 32.1. The molecule has 2 rings (SSSR count). The number of piperidine rings is 1. The molecule has 0 unspecified atom stereocenters. The van der Waals surface area contributed by atoms with Gasteiger partial charge in [0, 0.05) is 24.0 Å². The van der Waals surface area contributed by atoms with Crippen LogP contribution >= 0.6 is 11.3 Å². The lowest BCUT2D eigenvalue weighted by atomic mass is 10.1. The predicted molar refractivity (Wildman–Crippen MR) is 77.8 cm³/mol. The summed E-state index contributed by atoms with van der Waals surface area (Å²) in [5.41, 5.74) is 1.41. The number of likely N-dealkylation sites (tertiary alicyclic amines) is 1. The number of hydrogen-bond donors (Lipinski definition) is 1. The molecule has 0 spiro atoms. The topological polar surface area (TPSA) is 28.2 Å². The molecule has 1 aliphatic rings. The van der Waals surface area contributed by atoms with Gasteiger partial charge >= 0.3 is 0 Å². The zero-order valence-electron chi connectivity index (χ0n) is 11.8. The van der Waals surface area contributed by atoms with Gasteiger partial charge in [-0.05, 0) is 46.7 Å². The molecule has 0 amide bonds. The number of hydrogen-bond acceptors (Lipinski definition) is 4. The van der Waals surface area contributed by atoms with Crippen molar-refractivity contribution in [3.05, 3.63) is 16.1 Å². The largest absolute Gasteiger partial charge is 0.306 e. The van der Waals surface area contributed by atoms with Crippen molar-refractivity contribution in [2.24, 2.45) is 0 Å². The molecule has 0 atom stereocenters. The van der Waals surface area contributed by atoms with Crippen molar-refractivity contribution in [2.75, 3.05) is 13.1 Å². The molecule has 102 valence electrons.